The van der Waals surface area contributed by atoms with Crippen molar-refractivity contribution in [3.8, 4) is 5.75 Å². The van der Waals surface area contributed by atoms with E-state index in [1.807, 2.05) is 31.3 Å². The van der Waals surface area contributed by atoms with Gasteiger partial charge in [-0.1, -0.05) is 12.1 Å². The van der Waals surface area contributed by atoms with Crippen molar-refractivity contribution in [2.24, 2.45) is 7.05 Å². The van der Waals surface area contributed by atoms with Crippen LogP contribution in [0.1, 0.15) is 28.8 Å². The zero-order valence-electron chi connectivity index (χ0n) is 20.0. The van der Waals surface area contributed by atoms with Crippen molar-refractivity contribution in [3.05, 3.63) is 65.6 Å². The number of aromatic nitrogens is 2. The summed E-state index contributed by atoms with van der Waals surface area (Å²) in [6.07, 6.45) is 3.53. The highest BCUT2D eigenvalue weighted by Crippen LogP contribution is 2.36. The summed E-state index contributed by atoms with van der Waals surface area (Å²) in [5, 5.41) is 14.5. The van der Waals surface area contributed by atoms with E-state index >= 15 is 0 Å². The number of carbonyl (C=O) groups is 1. The number of rotatable bonds is 6. The zero-order valence-corrected chi connectivity index (χ0v) is 21.6. The van der Waals surface area contributed by atoms with E-state index in [0.717, 1.165) is 55.2 Å². The van der Waals surface area contributed by atoms with E-state index in [1.54, 1.807) is 27.9 Å². The van der Waals surface area contributed by atoms with E-state index in [0.29, 0.717) is 19.2 Å². The average Bonchev–Trinajstić information content (AvgIpc) is 3.10. The van der Waals surface area contributed by atoms with Gasteiger partial charge in [-0.05, 0) is 43.2 Å². The highest BCUT2D eigenvalue weighted by Gasteiger charge is 2.27. The van der Waals surface area contributed by atoms with Gasteiger partial charge in [0.2, 0.25) is 0 Å². The minimum absolute atomic E-state index is 0. The Morgan fingerprint density at radius 3 is 2.81 bits per heavy atom. The third-order valence-electron chi connectivity index (χ3n) is 6.29. The number of benzene rings is 2. The van der Waals surface area contributed by atoms with Crippen LogP contribution in [-0.2, 0) is 13.6 Å². The first kappa shape index (κ1) is 27.7. The fraction of sp³-hybridized carbons (Fsp3) is 0.360. The van der Waals surface area contributed by atoms with Crippen molar-refractivity contribution in [1.29, 1.82) is 0 Å². The molecule has 1 aromatic heterocycles. The minimum Gasteiger partial charge on any atom is -0.491 e. The Morgan fingerprint density at radius 2 is 2.03 bits per heavy atom. The lowest BCUT2D eigenvalue weighted by Gasteiger charge is -2.24. The second kappa shape index (κ2) is 12.4. The molecule has 36 heavy (non-hydrogen) atoms. The van der Waals surface area contributed by atoms with E-state index in [4.69, 9.17) is 4.74 Å². The molecule has 5 rings (SSSR count). The molecule has 8 nitrogen and oxygen atoms in total. The molecule has 3 aromatic rings. The number of ether oxygens (including phenoxy) is 1. The Kier molecular flexibility index (Phi) is 9.56. The second-order valence-electron chi connectivity index (χ2n) is 8.67. The summed E-state index contributed by atoms with van der Waals surface area (Å²) in [7, 11) is 1.85. The maximum atomic E-state index is 14.8. The normalized spacial score (nSPS) is 16.4. The van der Waals surface area contributed by atoms with Crippen molar-refractivity contribution < 1.29 is 13.9 Å². The van der Waals surface area contributed by atoms with Crippen molar-refractivity contribution in [2.45, 2.75) is 25.4 Å². The molecule has 2 aromatic carbocycles. The van der Waals surface area contributed by atoms with Gasteiger partial charge < -0.3 is 25.6 Å². The first-order valence-electron chi connectivity index (χ1n) is 11.7. The van der Waals surface area contributed by atoms with Crippen LogP contribution in [0.15, 0.2) is 48.7 Å². The Balaban J connectivity index is 0.00000180. The average molecular weight is 537 g/mol. The van der Waals surface area contributed by atoms with Crippen LogP contribution in [-0.4, -0.2) is 48.0 Å². The zero-order chi connectivity index (χ0) is 23.5. The first-order chi connectivity index (χ1) is 16.6. The van der Waals surface area contributed by atoms with Crippen LogP contribution in [0.5, 0.6) is 5.75 Å². The van der Waals surface area contributed by atoms with E-state index < -0.39 is 5.82 Å². The Hall–Kier alpha value is -2.85. The van der Waals surface area contributed by atoms with Crippen LogP contribution in [0.2, 0.25) is 0 Å². The van der Waals surface area contributed by atoms with Gasteiger partial charge in [0.15, 0.2) is 11.6 Å². The van der Waals surface area contributed by atoms with E-state index in [1.165, 1.54) is 6.07 Å². The molecule has 3 N–H and O–H groups in total. The number of halogens is 3. The number of carbonyl (C=O) groups excluding carboxylic acids is 1. The molecule has 3 heterocycles. The highest BCUT2D eigenvalue weighted by molar-refractivity contribution is 6.08. The summed E-state index contributed by atoms with van der Waals surface area (Å²) in [4.78, 5) is 15.1. The summed E-state index contributed by atoms with van der Waals surface area (Å²) in [5.41, 5.74) is 2.68. The molecule has 1 amide bonds. The van der Waals surface area contributed by atoms with Gasteiger partial charge in [0.05, 0.1) is 30.7 Å². The molecule has 194 valence electrons. The third-order valence-corrected chi connectivity index (χ3v) is 6.29. The van der Waals surface area contributed by atoms with Crippen molar-refractivity contribution in [1.82, 2.24) is 20.4 Å². The molecule has 0 radical (unpaired) electrons. The SMILES string of the molecule is Cl.Cl.Cn1ncc2c1Nc1ccccc1N(C(=O)c1ccc(OCCCC3CNCCN3)c(F)c1)C2. The minimum atomic E-state index is -0.536. The summed E-state index contributed by atoms with van der Waals surface area (Å²) in [5.74, 6) is 0.175. The molecule has 0 spiro atoms. The third kappa shape index (κ3) is 5.92. The van der Waals surface area contributed by atoms with Gasteiger partial charge in [0.25, 0.3) is 5.91 Å². The Morgan fingerprint density at radius 1 is 1.19 bits per heavy atom. The number of hydrogen-bond acceptors (Lipinski definition) is 6. The number of aryl methyl sites for hydroxylation is 1. The molecule has 1 saturated heterocycles. The van der Waals surface area contributed by atoms with Crippen LogP contribution in [0.4, 0.5) is 21.6 Å². The van der Waals surface area contributed by atoms with Crippen molar-refractivity contribution >= 4 is 47.9 Å². The summed E-state index contributed by atoms with van der Waals surface area (Å²) in [6, 6.07) is 12.4. The number of nitrogens with zero attached hydrogens (tertiary/aromatic N) is 3. The van der Waals surface area contributed by atoms with Gasteiger partial charge in [-0.2, -0.15) is 5.10 Å². The first-order valence-corrected chi connectivity index (χ1v) is 11.7. The van der Waals surface area contributed by atoms with Gasteiger partial charge in [-0.3, -0.25) is 9.48 Å². The molecule has 11 heteroatoms. The van der Waals surface area contributed by atoms with E-state index in [2.05, 4.69) is 21.0 Å². The highest BCUT2D eigenvalue weighted by atomic mass is 35.5. The Labute approximate surface area is 222 Å². The fourth-order valence-electron chi connectivity index (χ4n) is 4.47. The van der Waals surface area contributed by atoms with Crippen LogP contribution in [0, 0.1) is 5.82 Å². The maximum absolute atomic E-state index is 14.8. The van der Waals surface area contributed by atoms with Crippen molar-refractivity contribution in [2.75, 3.05) is 36.5 Å². The standard InChI is InChI=1S/C25H29FN6O2.2ClH/c1-31-24-18(14-29-31)16-32(22-7-3-2-6-21(22)30-24)25(33)17-8-9-23(20(26)13-17)34-12-4-5-19-15-27-10-11-28-19;;/h2-3,6-9,13-14,19,27-28,30H,4-5,10-12,15-16H2,1H3;2*1H. The van der Waals surface area contributed by atoms with E-state index in [9.17, 15) is 9.18 Å². The lowest BCUT2D eigenvalue weighted by molar-refractivity contribution is 0.0985. The van der Waals surface area contributed by atoms with Crippen LogP contribution >= 0.6 is 24.8 Å². The lowest BCUT2D eigenvalue weighted by atomic mass is 10.1. The quantitative estimate of drug-likeness (QED) is 0.412. The van der Waals surface area contributed by atoms with Gasteiger partial charge in [-0.15, -0.1) is 24.8 Å². The van der Waals surface area contributed by atoms with Gasteiger partial charge in [-0.25, -0.2) is 4.39 Å². The van der Waals surface area contributed by atoms with Gasteiger partial charge in [0, 0.05) is 43.9 Å². The smallest absolute Gasteiger partial charge is 0.258 e. The number of piperazine rings is 1. The molecule has 1 unspecified atom stereocenters. The molecule has 2 aliphatic rings. The van der Waals surface area contributed by atoms with Gasteiger partial charge >= 0.3 is 0 Å². The number of fused-ring (bicyclic) bond motifs is 2. The maximum Gasteiger partial charge on any atom is 0.258 e. The number of amides is 1. The van der Waals surface area contributed by atoms with Crippen LogP contribution < -0.4 is 25.6 Å². The number of nitrogens with one attached hydrogen (secondary N) is 3. The predicted molar refractivity (Wildman–Crippen MR) is 144 cm³/mol. The number of hydrogen-bond donors (Lipinski definition) is 3. The summed E-state index contributed by atoms with van der Waals surface area (Å²) < 4.78 is 22.2. The molecule has 2 aliphatic heterocycles. The fourth-order valence-corrected chi connectivity index (χ4v) is 4.47. The largest absolute Gasteiger partial charge is 0.491 e. The molecule has 0 bridgehead atoms. The van der Waals surface area contributed by atoms with Crippen LogP contribution in [0.25, 0.3) is 0 Å². The van der Waals surface area contributed by atoms with Crippen LogP contribution in [0.3, 0.4) is 0 Å². The predicted octanol–water partition coefficient (Wildman–Crippen LogP) is 4.03. The number of anilines is 3. The second-order valence-corrected chi connectivity index (χ2v) is 8.67. The lowest BCUT2D eigenvalue weighted by Crippen LogP contribution is -2.48. The molecular formula is C25H31Cl2FN6O2. The number of para-hydroxylation sites is 2. The monoisotopic (exact) mass is 536 g/mol. The topological polar surface area (TPSA) is 83.5 Å². The van der Waals surface area contributed by atoms with Crippen molar-refractivity contribution in [3.63, 3.8) is 0 Å². The summed E-state index contributed by atoms with van der Waals surface area (Å²) >= 11 is 0. The molecule has 1 fully saturated rings. The van der Waals surface area contributed by atoms with Gasteiger partial charge in [0.1, 0.15) is 5.82 Å². The Bertz CT molecular complexity index is 1190. The molecule has 0 aliphatic carbocycles. The summed E-state index contributed by atoms with van der Waals surface area (Å²) in [6.45, 7) is 3.66. The molecule has 0 saturated carbocycles. The molecule has 1 atom stereocenters. The van der Waals surface area contributed by atoms with E-state index in [-0.39, 0.29) is 42.0 Å². The molecular weight excluding hydrogens is 506 g/mol.